The van der Waals surface area contributed by atoms with Gasteiger partial charge in [0.05, 0.1) is 14.2 Å². The molecule has 1 rings (SSSR count). The van der Waals surface area contributed by atoms with Crippen LogP contribution < -0.4 is 14.2 Å². The smallest absolute Gasteiger partial charge is 0.203 e. The van der Waals surface area contributed by atoms with Crippen molar-refractivity contribution in [2.45, 2.75) is 0 Å². The van der Waals surface area contributed by atoms with Gasteiger partial charge in [-0.1, -0.05) is 6.07 Å². The zero-order valence-corrected chi connectivity index (χ0v) is 7.16. The standard InChI is InChI=1S/C9H11O3/c1-10-7-5-4-6-8(11-2)9(7)12-3/h4-6H,3H2,1-2H3. The van der Waals surface area contributed by atoms with Crippen LogP contribution in [0.2, 0.25) is 0 Å². The molecule has 65 valence electrons. The summed E-state index contributed by atoms with van der Waals surface area (Å²) in [7, 11) is 6.45. The molecule has 0 unspecified atom stereocenters. The zero-order valence-electron chi connectivity index (χ0n) is 7.16. The van der Waals surface area contributed by atoms with Gasteiger partial charge in [-0.05, 0) is 12.1 Å². The summed E-state index contributed by atoms with van der Waals surface area (Å²) in [6.07, 6.45) is 0. The quantitative estimate of drug-likeness (QED) is 0.687. The van der Waals surface area contributed by atoms with Gasteiger partial charge in [-0.3, -0.25) is 0 Å². The number of hydrogen-bond acceptors (Lipinski definition) is 3. The molecule has 0 spiro atoms. The van der Waals surface area contributed by atoms with E-state index >= 15 is 0 Å². The van der Waals surface area contributed by atoms with Crippen LogP contribution in [0.1, 0.15) is 0 Å². The van der Waals surface area contributed by atoms with Gasteiger partial charge < -0.3 is 14.2 Å². The summed E-state index contributed by atoms with van der Waals surface area (Å²) < 4.78 is 14.9. The third-order valence-electron chi connectivity index (χ3n) is 1.53. The van der Waals surface area contributed by atoms with E-state index in [1.807, 2.05) is 6.07 Å². The molecule has 0 N–H and O–H groups in total. The van der Waals surface area contributed by atoms with Gasteiger partial charge >= 0.3 is 0 Å². The van der Waals surface area contributed by atoms with Crippen molar-refractivity contribution in [3.63, 3.8) is 0 Å². The molecule has 1 radical (unpaired) electrons. The van der Waals surface area contributed by atoms with Crippen molar-refractivity contribution < 1.29 is 14.2 Å². The molecule has 1 aromatic rings. The summed E-state index contributed by atoms with van der Waals surface area (Å²) >= 11 is 0. The maximum absolute atomic E-state index is 5.03. The first-order valence-corrected chi connectivity index (χ1v) is 3.46. The molecule has 0 aliphatic heterocycles. The Bertz CT molecular complexity index is 236. The number of benzene rings is 1. The van der Waals surface area contributed by atoms with Crippen LogP contribution in [-0.2, 0) is 0 Å². The molecule has 0 aliphatic rings. The van der Waals surface area contributed by atoms with Crippen LogP contribution in [0.4, 0.5) is 0 Å². The zero-order chi connectivity index (χ0) is 8.97. The summed E-state index contributed by atoms with van der Waals surface area (Å²) in [5.41, 5.74) is 0. The molecule has 0 amide bonds. The highest BCUT2D eigenvalue weighted by atomic mass is 16.5. The molecule has 0 saturated heterocycles. The number of methoxy groups -OCH3 is 2. The first kappa shape index (κ1) is 8.71. The second kappa shape index (κ2) is 3.85. The van der Waals surface area contributed by atoms with Gasteiger partial charge in [0.2, 0.25) is 5.75 Å². The minimum atomic E-state index is 0.516. The van der Waals surface area contributed by atoms with E-state index < -0.39 is 0 Å². The van der Waals surface area contributed by atoms with Crippen LogP contribution in [-0.4, -0.2) is 14.2 Å². The number of hydrogen-bond donors (Lipinski definition) is 0. The van der Waals surface area contributed by atoms with Crippen molar-refractivity contribution in [1.29, 1.82) is 0 Å². The SMILES string of the molecule is [CH2]Oc1c(OC)cccc1OC. The number of ether oxygens (including phenoxy) is 3. The second-order valence-electron chi connectivity index (χ2n) is 2.14. The van der Waals surface area contributed by atoms with Crippen LogP contribution in [0.25, 0.3) is 0 Å². The molecule has 0 fully saturated rings. The van der Waals surface area contributed by atoms with E-state index in [2.05, 4.69) is 7.11 Å². The molecule has 0 atom stereocenters. The summed E-state index contributed by atoms with van der Waals surface area (Å²) in [4.78, 5) is 0. The molecule has 0 aliphatic carbocycles. The monoisotopic (exact) mass is 167 g/mol. The van der Waals surface area contributed by atoms with E-state index in [1.165, 1.54) is 0 Å². The molecule has 1 aromatic carbocycles. The minimum Gasteiger partial charge on any atom is -0.493 e. The Hall–Kier alpha value is -1.38. The van der Waals surface area contributed by atoms with Crippen LogP contribution >= 0.6 is 0 Å². The van der Waals surface area contributed by atoms with Crippen LogP contribution in [0.5, 0.6) is 17.2 Å². The molecule has 3 nitrogen and oxygen atoms in total. The van der Waals surface area contributed by atoms with Crippen LogP contribution in [0, 0.1) is 7.11 Å². The molecule has 3 heteroatoms. The fraction of sp³-hybridized carbons (Fsp3) is 0.222. The summed E-state index contributed by atoms with van der Waals surface area (Å²) in [5, 5.41) is 0. The Labute approximate surface area is 71.9 Å². The fourth-order valence-corrected chi connectivity index (χ4v) is 0.959. The van der Waals surface area contributed by atoms with E-state index in [9.17, 15) is 0 Å². The van der Waals surface area contributed by atoms with E-state index in [1.54, 1.807) is 26.4 Å². The second-order valence-corrected chi connectivity index (χ2v) is 2.14. The van der Waals surface area contributed by atoms with E-state index in [4.69, 9.17) is 14.2 Å². The van der Waals surface area contributed by atoms with Gasteiger partial charge in [0, 0.05) is 0 Å². The average Bonchev–Trinajstić information content (AvgIpc) is 2.16. The maximum atomic E-state index is 5.03. The molecule has 0 saturated carbocycles. The van der Waals surface area contributed by atoms with E-state index in [0.29, 0.717) is 17.2 Å². The minimum absolute atomic E-state index is 0.516. The van der Waals surface area contributed by atoms with Crippen molar-refractivity contribution in [2.24, 2.45) is 0 Å². The van der Waals surface area contributed by atoms with Crippen LogP contribution in [0.15, 0.2) is 18.2 Å². The lowest BCUT2D eigenvalue weighted by molar-refractivity contribution is 0.343. The number of rotatable bonds is 3. The first-order chi connectivity index (χ1) is 5.83. The summed E-state index contributed by atoms with van der Waals surface area (Å²) in [6.45, 7) is 0. The van der Waals surface area contributed by atoms with Crippen molar-refractivity contribution in [1.82, 2.24) is 0 Å². The number of para-hydroxylation sites is 1. The average molecular weight is 167 g/mol. The molecule has 0 bridgehead atoms. The fourth-order valence-electron chi connectivity index (χ4n) is 0.959. The molecule has 0 aromatic heterocycles. The van der Waals surface area contributed by atoms with Gasteiger partial charge in [0.15, 0.2) is 11.5 Å². The highest BCUT2D eigenvalue weighted by molar-refractivity contribution is 5.51. The van der Waals surface area contributed by atoms with Gasteiger partial charge in [0.25, 0.3) is 0 Å². The topological polar surface area (TPSA) is 27.7 Å². The molecular formula is C9H11O3. The van der Waals surface area contributed by atoms with Gasteiger partial charge in [-0.2, -0.15) is 0 Å². The third kappa shape index (κ3) is 1.44. The van der Waals surface area contributed by atoms with Gasteiger partial charge in [-0.25, -0.2) is 0 Å². The first-order valence-electron chi connectivity index (χ1n) is 3.46. The van der Waals surface area contributed by atoms with Crippen molar-refractivity contribution in [2.75, 3.05) is 14.2 Å². The summed E-state index contributed by atoms with van der Waals surface area (Å²) in [6, 6.07) is 5.38. The van der Waals surface area contributed by atoms with Crippen molar-refractivity contribution >= 4 is 0 Å². The normalized spacial score (nSPS) is 9.25. The predicted octanol–water partition coefficient (Wildman–Crippen LogP) is 1.87. The highest BCUT2D eigenvalue weighted by Gasteiger charge is 2.08. The Kier molecular flexibility index (Phi) is 2.80. The maximum Gasteiger partial charge on any atom is 0.203 e. The highest BCUT2D eigenvalue weighted by Crippen LogP contribution is 2.36. The Morgan fingerprint density at radius 3 is 1.92 bits per heavy atom. The van der Waals surface area contributed by atoms with Crippen molar-refractivity contribution in [3.8, 4) is 17.2 Å². The lowest BCUT2D eigenvalue weighted by Gasteiger charge is -2.10. The van der Waals surface area contributed by atoms with E-state index in [-0.39, 0.29) is 0 Å². The Balaban J connectivity index is 3.13. The van der Waals surface area contributed by atoms with Gasteiger partial charge in [0.1, 0.15) is 7.11 Å². The third-order valence-corrected chi connectivity index (χ3v) is 1.53. The molecule has 12 heavy (non-hydrogen) atoms. The molecule has 0 heterocycles. The Morgan fingerprint density at radius 2 is 1.58 bits per heavy atom. The summed E-state index contributed by atoms with van der Waals surface area (Å²) in [5.74, 6) is 1.75. The van der Waals surface area contributed by atoms with E-state index in [0.717, 1.165) is 0 Å². The largest absolute Gasteiger partial charge is 0.493 e. The molecular weight excluding hydrogens is 156 g/mol. The Morgan fingerprint density at radius 1 is 1.08 bits per heavy atom. The van der Waals surface area contributed by atoms with Crippen molar-refractivity contribution in [3.05, 3.63) is 25.3 Å². The lowest BCUT2D eigenvalue weighted by Crippen LogP contribution is -1.92. The van der Waals surface area contributed by atoms with Crippen LogP contribution in [0.3, 0.4) is 0 Å². The lowest BCUT2D eigenvalue weighted by atomic mass is 10.3. The predicted molar refractivity (Wildman–Crippen MR) is 45.5 cm³/mol. The van der Waals surface area contributed by atoms with Gasteiger partial charge in [-0.15, -0.1) is 0 Å².